The second kappa shape index (κ2) is 11.3. The number of aromatic nitrogens is 1. The van der Waals surface area contributed by atoms with E-state index in [4.69, 9.17) is 11.2 Å². The smallest absolute Gasteiger partial charge is 0.224 e. The first kappa shape index (κ1) is 20.7. The van der Waals surface area contributed by atoms with E-state index in [1.807, 2.05) is 13.0 Å². The molecule has 5 nitrogen and oxygen atoms in total. The Morgan fingerprint density at radius 3 is 2.88 bits per heavy atom. The van der Waals surface area contributed by atoms with Crippen molar-refractivity contribution in [3.63, 3.8) is 0 Å². The van der Waals surface area contributed by atoms with Crippen molar-refractivity contribution < 1.29 is 9.13 Å². The number of nitrogens with zero attached hydrogens (tertiary/aromatic N) is 2. The molecule has 0 aliphatic carbocycles. The Kier molecular flexibility index (Phi) is 9.32. The zero-order chi connectivity index (χ0) is 17.2. The van der Waals surface area contributed by atoms with Crippen molar-refractivity contribution in [2.75, 3.05) is 13.1 Å². The van der Waals surface area contributed by atoms with Gasteiger partial charge in [0.05, 0.1) is 13.1 Å². The summed E-state index contributed by atoms with van der Waals surface area (Å²) < 4.78 is 18.9. The molecular weight excluding hydrogens is 434 g/mol. The van der Waals surface area contributed by atoms with Crippen LogP contribution in [-0.2, 0) is 6.54 Å². The van der Waals surface area contributed by atoms with Crippen LogP contribution in [-0.4, -0.2) is 24.0 Å². The molecule has 2 aromatic rings. The molecule has 7 heteroatoms. The van der Waals surface area contributed by atoms with Crippen molar-refractivity contribution >= 4 is 29.9 Å². The highest BCUT2D eigenvalue weighted by Gasteiger charge is 2.07. The SMILES string of the molecule is C#CCNC(=NCc1cccnc1Oc1cccc(F)c1)NCC.I. The first-order chi connectivity index (χ1) is 11.7. The van der Waals surface area contributed by atoms with E-state index in [1.165, 1.54) is 12.1 Å². The largest absolute Gasteiger partial charge is 0.439 e. The van der Waals surface area contributed by atoms with E-state index >= 15 is 0 Å². The average Bonchev–Trinajstić information content (AvgIpc) is 2.58. The van der Waals surface area contributed by atoms with Crippen LogP contribution in [0.25, 0.3) is 0 Å². The molecule has 0 amide bonds. The molecule has 0 unspecified atom stereocenters. The molecule has 0 bridgehead atoms. The highest BCUT2D eigenvalue weighted by molar-refractivity contribution is 14.0. The summed E-state index contributed by atoms with van der Waals surface area (Å²) in [5.74, 6) is 3.52. The Bertz CT molecular complexity index is 746. The van der Waals surface area contributed by atoms with Gasteiger partial charge in [-0.05, 0) is 25.1 Å². The molecule has 2 N–H and O–H groups in total. The van der Waals surface area contributed by atoms with Crippen LogP contribution < -0.4 is 15.4 Å². The fourth-order valence-corrected chi connectivity index (χ4v) is 1.92. The third kappa shape index (κ3) is 6.97. The van der Waals surface area contributed by atoms with Crippen LogP contribution in [0.5, 0.6) is 11.6 Å². The summed E-state index contributed by atoms with van der Waals surface area (Å²) in [4.78, 5) is 8.65. The van der Waals surface area contributed by atoms with Crippen LogP contribution in [0, 0.1) is 18.2 Å². The lowest BCUT2D eigenvalue weighted by Crippen LogP contribution is -2.37. The molecule has 25 heavy (non-hydrogen) atoms. The third-order valence-electron chi connectivity index (χ3n) is 2.97. The van der Waals surface area contributed by atoms with Crippen LogP contribution in [0.2, 0.25) is 0 Å². The Balaban J connectivity index is 0.00000312. The molecule has 0 saturated heterocycles. The van der Waals surface area contributed by atoms with E-state index in [2.05, 4.69) is 26.5 Å². The van der Waals surface area contributed by atoms with Crippen LogP contribution >= 0.6 is 24.0 Å². The van der Waals surface area contributed by atoms with Gasteiger partial charge in [0.15, 0.2) is 5.96 Å². The molecule has 0 radical (unpaired) electrons. The first-order valence-corrected chi connectivity index (χ1v) is 7.56. The number of terminal acetylenes is 1. The van der Waals surface area contributed by atoms with Gasteiger partial charge in [0.1, 0.15) is 11.6 Å². The maximum atomic E-state index is 13.3. The number of halogens is 2. The van der Waals surface area contributed by atoms with Crippen molar-refractivity contribution in [1.82, 2.24) is 15.6 Å². The van der Waals surface area contributed by atoms with Crippen molar-refractivity contribution in [3.05, 3.63) is 54.0 Å². The number of pyridine rings is 1. The summed E-state index contributed by atoms with van der Waals surface area (Å²) in [6, 6.07) is 9.57. The number of benzene rings is 1. The van der Waals surface area contributed by atoms with Gasteiger partial charge in [0.25, 0.3) is 0 Å². The van der Waals surface area contributed by atoms with Gasteiger partial charge in [-0.15, -0.1) is 30.4 Å². The number of ether oxygens (including phenoxy) is 1. The first-order valence-electron chi connectivity index (χ1n) is 7.56. The summed E-state index contributed by atoms with van der Waals surface area (Å²) in [6.07, 6.45) is 6.86. The maximum absolute atomic E-state index is 13.3. The quantitative estimate of drug-likeness (QED) is 0.305. The van der Waals surface area contributed by atoms with Crippen molar-refractivity contribution in [3.8, 4) is 24.0 Å². The molecule has 1 aromatic heterocycles. The van der Waals surface area contributed by atoms with Crippen molar-refractivity contribution in [1.29, 1.82) is 0 Å². The third-order valence-corrected chi connectivity index (χ3v) is 2.97. The van der Waals surface area contributed by atoms with Gasteiger partial charge >= 0.3 is 0 Å². The van der Waals surface area contributed by atoms with Crippen molar-refractivity contribution in [2.24, 2.45) is 4.99 Å². The fourth-order valence-electron chi connectivity index (χ4n) is 1.92. The summed E-state index contributed by atoms with van der Waals surface area (Å²) in [6.45, 7) is 3.41. The minimum Gasteiger partial charge on any atom is -0.439 e. The predicted molar refractivity (Wildman–Crippen MR) is 108 cm³/mol. The van der Waals surface area contributed by atoms with Gasteiger partial charge in [0, 0.05) is 24.4 Å². The number of aliphatic imine (C=N–C) groups is 1. The minimum atomic E-state index is -0.365. The summed E-state index contributed by atoms with van der Waals surface area (Å²) in [5.41, 5.74) is 0.777. The highest BCUT2D eigenvalue weighted by atomic mass is 127. The number of nitrogens with one attached hydrogen (secondary N) is 2. The van der Waals surface area contributed by atoms with E-state index in [0.717, 1.165) is 12.1 Å². The average molecular weight is 454 g/mol. The molecular formula is C18H20FIN4O. The van der Waals surface area contributed by atoms with Crippen LogP contribution in [0.4, 0.5) is 4.39 Å². The molecule has 0 spiro atoms. The molecule has 0 atom stereocenters. The number of rotatable bonds is 6. The standard InChI is InChI=1S/C18H19FN4O.HI/c1-3-10-22-18(20-4-2)23-13-14-7-6-11-21-17(14)24-16-9-5-8-15(19)12-16;/h1,5-9,11-12H,4,10,13H2,2H3,(H2,20,22,23);1H. The van der Waals surface area contributed by atoms with Crippen LogP contribution in [0.1, 0.15) is 12.5 Å². The van der Waals surface area contributed by atoms with Crippen LogP contribution in [0.15, 0.2) is 47.6 Å². The summed E-state index contributed by atoms with van der Waals surface area (Å²) in [5, 5.41) is 6.11. The van der Waals surface area contributed by atoms with Gasteiger partial charge in [-0.2, -0.15) is 0 Å². The molecule has 0 fully saturated rings. The summed E-state index contributed by atoms with van der Waals surface area (Å²) in [7, 11) is 0. The predicted octanol–water partition coefficient (Wildman–Crippen LogP) is 3.32. The Morgan fingerprint density at radius 1 is 1.32 bits per heavy atom. The second-order valence-corrected chi connectivity index (χ2v) is 4.78. The minimum absolute atomic E-state index is 0. The molecule has 132 valence electrons. The van der Waals surface area contributed by atoms with Crippen molar-refractivity contribution in [2.45, 2.75) is 13.5 Å². The molecule has 0 aliphatic heterocycles. The van der Waals surface area contributed by atoms with E-state index in [9.17, 15) is 4.39 Å². The zero-order valence-corrected chi connectivity index (χ0v) is 16.2. The van der Waals surface area contributed by atoms with Gasteiger partial charge < -0.3 is 15.4 Å². The Hall–Kier alpha value is -2.34. The van der Waals surface area contributed by atoms with Gasteiger partial charge in [-0.1, -0.05) is 18.1 Å². The van der Waals surface area contributed by atoms with E-state index in [-0.39, 0.29) is 29.8 Å². The molecule has 0 aliphatic rings. The molecule has 1 aromatic carbocycles. The molecule has 2 rings (SSSR count). The van der Waals surface area contributed by atoms with E-state index < -0.39 is 0 Å². The van der Waals surface area contributed by atoms with Crippen LogP contribution in [0.3, 0.4) is 0 Å². The van der Waals surface area contributed by atoms with E-state index in [1.54, 1.807) is 24.4 Å². The normalized spacial score (nSPS) is 10.4. The van der Waals surface area contributed by atoms with Gasteiger partial charge in [-0.3, -0.25) is 0 Å². The second-order valence-electron chi connectivity index (χ2n) is 4.78. The topological polar surface area (TPSA) is 58.5 Å². The summed E-state index contributed by atoms with van der Waals surface area (Å²) >= 11 is 0. The van der Waals surface area contributed by atoms with Gasteiger partial charge in [-0.25, -0.2) is 14.4 Å². The van der Waals surface area contributed by atoms with Gasteiger partial charge in [0.2, 0.25) is 5.88 Å². The number of hydrogen-bond acceptors (Lipinski definition) is 3. The zero-order valence-electron chi connectivity index (χ0n) is 13.8. The molecule has 1 heterocycles. The lowest BCUT2D eigenvalue weighted by Gasteiger charge is -2.11. The number of hydrogen-bond donors (Lipinski definition) is 2. The number of guanidine groups is 1. The Labute approximate surface area is 164 Å². The lowest BCUT2D eigenvalue weighted by atomic mass is 10.2. The maximum Gasteiger partial charge on any atom is 0.224 e. The lowest BCUT2D eigenvalue weighted by molar-refractivity contribution is 0.452. The Morgan fingerprint density at radius 2 is 2.16 bits per heavy atom. The highest BCUT2D eigenvalue weighted by Crippen LogP contribution is 2.23. The van der Waals surface area contributed by atoms with E-state index in [0.29, 0.717) is 30.7 Å². The fraction of sp³-hybridized carbons (Fsp3) is 0.222. The molecule has 0 saturated carbocycles. The monoisotopic (exact) mass is 454 g/mol.